The number of likely N-dealkylation sites (N-methyl/N-ethyl adjacent to an activating group) is 1. The van der Waals surface area contributed by atoms with Crippen LogP contribution >= 0.6 is 0 Å². The summed E-state index contributed by atoms with van der Waals surface area (Å²) in [6.07, 6.45) is 1.65. The molecule has 0 aromatic heterocycles. The molecule has 0 saturated heterocycles. The molecule has 6 nitrogen and oxygen atoms in total. The van der Waals surface area contributed by atoms with E-state index in [9.17, 15) is 8.42 Å². The Morgan fingerprint density at radius 3 is 2.90 bits per heavy atom. The van der Waals surface area contributed by atoms with Crippen molar-refractivity contribution in [2.45, 2.75) is 24.7 Å². The number of nitrogens with zero attached hydrogens (tertiary/aromatic N) is 1. The smallest absolute Gasteiger partial charge is 0.246 e. The molecule has 0 spiro atoms. The number of ether oxygens (including phenoxy) is 2. The van der Waals surface area contributed by atoms with Crippen LogP contribution < -0.4 is 10.5 Å². The molecule has 1 aromatic rings. The van der Waals surface area contributed by atoms with E-state index in [1.165, 1.54) is 17.4 Å². The van der Waals surface area contributed by atoms with Gasteiger partial charge in [0.15, 0.2) is 0 Å². The molecule has 0 fully saturated rings. The quantitative estimate of drug-likeness (QED) is 0.631. The van der Waals surface area contributed by atoms with Gasteiger partial charge < -0.3 is 15.2 Å². The van der Waals surface area contributed by atoms with E-state index in [1.54, 1.807) is 6.07 Å². The third kappa shape index (κ3) is 3.48. The Balaban J connectivity index is 2.33. The molecular weight excluding hydrogens is 292 g/mol. The van der Waals surface area contributed by atoms with Crippen LogP contribution in [0.3, 0.4) is 0 Å². The average Bonchev–Trinajstić information content (AvgIpc) is 2.46. The van der Waals surface area contributed by atoms with Gasteiger partial charge in [0.25, 0.3) is 0 Å². The van der Waals surface area contributed by atoms with E-state index in [0.717, 1.165) is 18.4 Å². The number of aryl methyl sites for hydroxylation is 1. The highest BCUT2D eigenvalue weighted by atomic mass is 32.2. The largest absolute Gasteiger partial charge is 0.492 e. The summed E-state index contributed by atoms with van der Waals surface area (Å²) in [6.45, 7) is 3.61. The molecule has 1 aliphatic heterocycles. The minimum absolute atomic E-state index is 0.149. The van der Waals surface area contributed by atoms with Crippen LogP contribution in [-0.4, -0.2) is 46.1 Å². The number of anilines is 1. The predicted molar refractivity (Wildman–Crippen MR) is 81.0 cm³/mol. The summed E-state index contributed by atoms with van der Waals surface area (Å²) in [5, 5.41) is 0. The number of fused-ring (bicyclic) bond motifs is 1. The van der Waals surface area contributed by atoms with E-state index in [4.69, 9.17) is 15.2 Å². The summed E-state index contributed by atoms with van der Waals surface area (Å²) in [4.78, 5) is 0.149. The van der Waals surface area contributed by atoms with Gasteiger partial charge in [-0.3, -0.25) is 0 Å². The predicted octanol–water partition coefficient (Wildman–Crippen LogP) is 1.25. The minimum Gasteiger partial charge on any atom is -0.492 e. The lowest BCUT2D eigenvalue weighted by atomic mass is 10.1. The number of hydrogen-bond donors (Lipinski definition) is 1. The van der Waals surface area contributed by atoms with Gasteiger partial charge in [0.2, 0.25) is 10.0 Å². The first-order valence-corrected chi connectivity index (χ1v) is 8.50. The van der Waals surface area contributed by atoms with Gasteiger partial charge in [-0.2, -0.15) is 4.31 Å². The van der Waals surface area contributed by atoms with Crippen LogP contribution in [0.15, 0.2) is 17.0 Å². The summed E-state index contributed by atoms with van der Waals surface area (Å²) >= 11 is 0. The van der Waals surface area contributed by atoms with Gasteiger partial charge in [-0.1, -0.05) is 0 Å². The molecule has 0 aliphatic carbocycles. The molecule has 0 radical (unpaired) electrons. The Labute approximate surface area is 125 Å². The molecule has 1 aliphatic rings. The summed E-state index contributed by atoms with van der Waals surface area (Å²) < 4.78 is 37.4. The lowest BCUT2D eigenvalue weighted by Gasteiger charge is -2.24. The second-order valence-corrected chi connectivity index (χ2v) is 7.00. The van der Waals surface area contributed by atoms with Crippen molar-refractivity contribution in [3.63, 3.8) is 0 Å². The van der Waals surface area contributed by atoms with Crippen LogP contribution in [0.4, 0.5) is 5.69 Å². The van der Waals surface area contributed by atoms with E-state index in [0.29, 0.717) is 37.8 Å². The lowest BCUT2D eigenvalue weighted by Crippen LogP contribution is -2.31. The van der Waals surface area contributed by atoms with Gasteiger partial charge in [0.1, 0.15) is 10.6 Å². The van der Waals surface area contributed by atoms with Crippen LogP contribution in [-0.2, 0) is 21.2 Å². The Hall–Kier alpha value is -1.31. The van der Waals surface area contributed by atoms with E-state index in [1.807, 2.05) is 6.92 Å². The Bertz CT molecular complexity index is 601. The second kappa shape index (κ2) is 6.64. The molecule has 118 valence electrons. The third-order valence-corrected chi connectivity index (χ3v) is 5.30. The average molecular weight is 314 g/mol. The highest BCUT2D eigenvalue weighted by Gasteiger charge is 2.28. The first kappa shape index (κ1) is 16.1. The van der Waals surface area contributed by atoms with Gasteiger partial charge in [0, 0.05) is 25.9 Å². The van der Waals surface area contributed by atoms with Crippen molar-refractivity contribution in [1.29, 1.82) is 0 Å². The Morgan fingerprint density at radius 2 is 2.19 bits per heavy atom. The molecule has 2 N–H and O–H groups in total. The Morgan fingerprint density at radius 1 is 1.43 bits per heavy atom. The maximum atomic E-state index is 12.7. The zero-order valence-corrected chi connectivity index (χ0v) is 13.3. The first-order valence-electron chi connectivity index (χ1n) is 7.06. The number of nitrogen functional groups attached to an aromatic ring is 1. The van der Waals surface area contributed by atoms with Crippen molar-refractivity contribution in [3.05, 3.63) is 17.7 Å². The van der Waals surface area contributed by atoms with Crippen LogP contribution in [0.5, 0.6) is 5.75 Å². The summed E-state index contributed by atoms with van der Waals surface area (Å²) in [5.41, 5.74) is 7.14. The van der Waals surface area contributed by atoms with Gasteiger partial charge in [0.05, 0.1) is 13.2 Å². The summed E-state index contributed by atoms with van der Waals surface area (Å²) in [7, 11) is -2.10. The monoisotopic (exact) mass is 314 g/mol. The van der Waals surface area contributed by atoms with E-state index in [-0.39, 0.29) is 4.90 Å². The number of nitrogens with two attached hydrogens (primary N) is 1. The topological polar surface area (TPSA) is 81.9 Å². The van der Waals surface area contributed by atoms with Crippen molar-refractivity contribution in [2.24, 2.45) is 0 Å². The fraction of sp³-hybridized carbons (Fsp3) is 0.571. The summed E-state index contributed by atoms with van der Waals surface area (Å²) in [6, 6.07) is 3.25. The van der Waals surface area contributed by atoms with Gasteiger partial charge in [-0.05, 0) is 37.5 Å². The van der Waals surface area contributed by atoms with Crippen LogP contribution in [0.25, 0.3) is 0 Å². The van der Waals surface area contributed by atoms with Crippen molar-refractivity contribution in [3.8, 4) is 5.75 Å². The zero-order valence-electron chi connectivity index (χ0n) is 12.5. The van der Waals surface area contributed by atoms with Crippen molar-refractivity contribution in [1.82, 2.24) is 4.31 Å². The lowest BCUT2D eigenvalue weighted by molar-refractivity contribution is 0.138. The van der Waals surface area contributed by atoms with E-state index in [2.05, 4.69) is 0 Å². The van der Waals surface area contributed by atoms with Crippen LogP contribution in [0.1, 0.15) is 18.9 Å². The minimum atomic E-state index is -3.64. The first-order chi connectivity index (χ1) is 9.96. The van der Waals surface area contributed by atoms with Gasteiger partial charge in [-0.25, -0.2) is 8.42 Å². The SMILES string of the molecule is CCOCCN(C)S(=O)(=O)c1cc(N)cc2c1OCCC2. The maximum absolute atomic E-state index is 12.7. The molecule has 0 atom stereocenters. The molecule has 21 heavy (non-hydrogen) atoms. The van der Waals surface area contributed by atoms with Crippen LogP contribution in [0, 0.1) is 0 Å². The molecule has 0 unspecified atom stereocenters. The molecule has 0 saturated carbocycles. The third-order valence-electron chi connectivity index (χ3n) is 3.43. The Kier molecular flexibility index (Phi) is 5.08. The van der Waals surface area contributed by atoms with E-state index < -0.39 is 10.0 Å². The molecule has 2 rings (SSSR count). The second-order valence-electron chi connectivity index (χ2n) is 4.98. The molecule has 1 aromatic carbocycles. The van der Waals surface area contributed by atoms with Crippen molar-refractivity contribution in [2.75, 3.05) is 39.1 Å². The van der Waals surface area contributed by atoms with Crippen molar-refractivity contribution >= 4 is 15.7 Å². The molecule has 0 amide bonds. The van der Waals surface area contributed by atoms with Crippen LogP contribution in [0.2, 0.25) is 0 Å². The molecule has 0 bridgehead atoms. The van der Waals surface area contributed by atoms with E-state index >= 15 is 0 Å². The fourth-order valence-electron chi connectivity index (χ4n) is 2.29. The normalized spacial score (nSPS) is 14.8. The summed E-state index contributed by atoms with van der Waals surface area (Å²) in [5.74, 6) is 0.443. The van der Waals surface area contributed by atoms with Gasteiger partial charge in [-0.15, -0.1) is 0 Å². The van der Waals surface area contributed by atoms with Crippen molar-refractivity contribution < 1.29 is 17.9 Å². The molecule has 7 heteroatoms. The standard InChI is InChI=1S/C14H22N2O4S/c1-3-19-8-6-16(2)21(17,18)13-10-12(15)9-11-5-4-7-20-14(11)13/h9-10H,3-8,15H2,1-2H3. The number of sulfonamides is 1. The highest BCUT2D eigenvalue weighted by Crippen LogP contribution is 2.35. The fourth-order valence-corrected chi connectivity index (χ4v) is 3.65. The highest BCUT2D eigenvalue weighted by molar-refractivity contribution is 7.89. The molecule has 1 heterocycles. The zero-order chi connectivity index (χ0) is 15.5. The number of benzene rings is 1. The van der Waals surface area contributed by atoms with Gasteiger partial charge >= 0.3 is 0 Å². The molecular formula is C14H22N2O4S. The maximum Gasteiger partial charge on any atom is 0.246 e. The number of hydrogen-bond acceptors (Lipinski definition) is 5. The number of rotatable bonds is 6.